The summed E-state index contributed by atoms with van der Waals surface area (Å²) in [5, 5.41) is 14.8. The van der Waals surface area contributed by atoms with Crippen LogP contribution in [0.5, 0.6) is 11.5 Å². The summed E-state index contributed by atoms with van der Waals surface area (Å²) >= 11 is 3.38. The van der Waals surface area contributed by atoms with E-state index in [2.05, 4.69) is 36.8 Å². The summed E-state index contributed by atoms with van der Waals surface area (Å²) in [6.07, 6.45) is 1.85. The fourth-order valence-corrected chi connectivity index (χ4v) is 3.37. The van der Waals surface area contributed by atoms with Gasteiger partial charge in [0.25, 0.3) is 0 Å². The zero-order valence-electron chi connectivity index (χ0n) is 14.5. The van der Waals surface area contributed by atoms with Gasteiger partial charge in [-0.2, -0.15) is 13.5 Å². The molecule has 1 aliphatic rings. The minimum atomic E-state index is -2.95. The maximum Gasteiger partial charge on any atom is 0.387 e. The maximum atomic E-state index is 12.9. The molecule has 4 rings (SSSR count). The Labute approximate surface area is 167 Å². The molecule has 10 heteroatoms. The number of halogens is 3. The highest BCUT2D eigenvalue weighted by molar-refractivity contribution is 9.10. The number of tetrazole rings is 1. The Balaban J connectivity index is 1.83. The van der Waals surface area contributed by atoms with E-state index < -0.39 is 12.7 Å². The van der Waals surface area contributed by atoms with Gasteiger partial charge in [0.1, 0.15) is 17.5 Å². The van der Waals surface area contributed by atoms with Crippen molar-refractivity contribution in [1.29, 1.82) is 0 Å². The molecule has 1 aromatic heterocycles. The number of anilines is 1. The summed E-state index contributed by atoms with van der Waals surface area (Å²) in [4.78, 5) is 0. The highest BCUT2D eigenvalue weighted by Gasteiger charge is 2.27. The number of hydrogen-bond donors (Lipinski definition) is 1. The highest BCUT2D eigenvalue weighted by atomic mass is 79.9. The van der Waals surface area contributed by atoms with Crippen LogP contribution in [0.3, 0.4) is 0 Å². The van der Waals surface area contributed by atoms with Crippen molar-refractivity contribution in [3.8, 4) is 11.5 Å². The first kappa shape index (κ1) is 18.4. The number of ether oxygens (including phenoxy) is 2. The van der Waals surface area contributed by atoms with Crippen LogP contribution in [0.25, 0.3) is 5.70 Å². The number of hydrogen-bond acceptors (Lipinski definition) is 6. The fraction of sp³-hybridized carbons (Fsp3) is 0.167. The lowest BCUT2D eigenvalue weighted by Crippen LogP contribution is -2.21. The molecule has 0 fully saturated rings. The number of nitrogens with zero attached hydrogens (tertiary/aromatic N) is 4. The van der Waals surface area contributed by atoms with Crippen molar-refractivity contribution < 1.29 is 18.3 Å². The second kappa shape index (κ2) is 7.55. The van der Waals surface area contributed by atoms with Gasteiger partial charge in [0.15, 0.2) is 0 Å². The summed E-state index contributed by atoms with van der Waals surface area (Å²) < 4.78 is 38.0. The molecule has 0 bridgehead atoms. The molecule has 2 heterocycles. The van der Waals surface area contributed by atoms with E-state index in [1.54, 1.807) is 19.2 Å². The number of fused-ring (bicyclic) bond motifs is 1. The minimum Gasteiger partial charge on any atom is -0.497 e. The van der Waals surface area contributed by atoms with E-state index >= 15 is 0 Å². The highest BCUT2D eigenvalue weighted by Crippen LogP contribution is 2.38. The quantitative estimate of drug-likeness (QED) is 0.631. The number of nitrogens with one attached hydrogen (secondary N) is 1. The third-order valence-corrected chi connectivity index (χ3v) is 4.71. The summed E-state index contributed by atoms with van der Waals surface area (Å²) in [6.45, 7) is -2.95. The van der Waals surface area contributed by atoms with Crippen molar-refractivity contribution in [1.82, 2.24) is 20.2 Å². The van der Waals surface area contributed by atoms with Gasteiger partial charge in [-0.3, -0.25) is 0 Å². The fourth-order valence-electron chi connectivity index (χ4n) is 2.99. The van der Waals surface area contributed by atoms with Crippen molar-refractivity contribution in [2.75, 3.05) is 12.4 Å². The van der Waals surface area contributed by atoms with Gasteiger partial charge in [-0.25, -0.2) is 0 Å². The molecule has 1 atom stereocenters. The van der Waals surface area contributed by atoms with E-state index in [0.717, 1.165) is 5.56 Å². The van der Waals surface area contributed by atoms with Gasteiger partial charge in [0.05, 0.1) is 7.11 Å². The van der Waals surface area contributed by atoms with Crippen molar-refractivity contribution in [3.05, 3.63) is 64.1 Å². The number of allylic oxidation sites excluding steroid dienone is 1. The van der Waals surface area contributed by atoms with Crippen LogP contribution in [0, 0.1) is 0 Å². The Hall–Kier alpha value is -3.01. The molecular weight excluding hydrogens is 436 g/mol. The lowest BCUT2D eigenvalue weighted by atomic mass is 10.0. The Morgan fingerprint density at radius 1 is 1.21 bits per heavy atom. The topological polar surface area (TPSA) is 74.1 Å². The van der Waals surface area contributed by atoms with Crippen LogP contribution in [-0.4, -0.2) is 33.9 Å². The molecule has 1 N–H and O–H groups in total. The zero-order valence-corrected chi connectivity index (χ0v) is 16.1. The summed E-state index contributed by atoms with van der Waals surface area (Å²) in [5.41, 5.74) is 2.05. The van der Waals surface area contributed by atoms with Crippen LogP contribution in [0.1, 0.15) is 17.2 Å². The van der Waals surface area contributed by atoms with Crippen molar-refractivity contribution >= 4 is 27.6 Å². The van der Waals surface area contributed by atoms with Crippen LogP contribution in [0.15, 0.2) is 53.0 Å². The summed E-state index contributed by atoms with van der Waals surface area (Å²) in [7, 11) is 1.58. The van der Waals surface area contributed by atoms with Gasteiger partial charge < -0.3 is 14.8 Å². The normalized spacial score (nSPS) is 15.6. The molecule has 0 amide bonds. The van der Waals surface area contributed by atoms with Crippen LogP contribution < -0.4 is 14.8 Å². The second-order valence-electron chi connectivity index (χ2n) is 5.89. The Bertz CT molecular complexity index is 1040. The third-order valence-electron chi connectivity index (χ3n) is 4.21. The van der Waals surface area contributed by atoms with E-state index in [-0.39, 0.29) is 5.75 Å². The summed E-state index contributed by atoms with van der Waals surface area (Å²) in [5.74, 6) is 1.12. The second-order valence-corrected chi connectivity index (χ2v) is 6.81. The molecule has 7 nitrogen and oxygen atoms in total. The van der Waals surface area contributed by atoms with Crippen molar-refractivity contribution in [2.24, 2.45) is 0 Å². The largest absolute Gasteiger partial charge is 0.497 e. The van der Waals surface area contributed by atoms with E-state index in [1.165, 1.54) is 10.7 Å². The lowest BCUT2D eigenvalue weighted by molar-refractivity contribution is -0.0506. The van der Waals surface area contributed by atoms with Gasteiger partial charge in [0, 0.05) is 21.3 Å². The summed E-state index contributed by atoms with van der Waals surface area (Å²) in [6, 6.07) is 11.7. The molecule has 0 saturated heterocycles. The molecule has 2 aromatic carbocycles. The number of alkyl halides is 2. The van der Waals surface area contributed by atoms with E-state index in [9.17, 15) is 8.78 Å². The van der Waals surface area contributed by atoms with Gasteiger partial charge >= 0.3 is 6.61 Å². The van der Waals surface area contributed by atoms with Gasteiger partial charge in [-0.05, 0) is 46.8 Å². The molecule has 0 saturated carbocycles. The molecule has 1 aliphatic heterocycles. The predicted molar refractivity (Wildman–Crippen MR) is 101 cm³/mol. The number of benzene rings is 2. The lowest BCUT2D eigenvalue weighted by Gasteiger charge is -2.25. The van der Waals surface area contributed by atoms with E-state index in [1.807, 2.05) is 30.3 Å². The Morgan fingerprint density at radius 3 is 2.86 bits per heavy atom. The zero-order chi connectivity index (χ0) is 19.7. The monoisotopic (exact) mass is 449 g/mol. The minimum absolute atomic E-state index is 0.0489. The first-order valence-electron chi connectivity index (χ1n) is 8.20. The number of rotatable bonds is 5. The van der Waals surface area contributed by atoms with E-state index in [4.69, 9.17) is 9.47 Å². The number of aromatic nitrogens is 4. The first-order chi connectivity index (χ1) is 13.5. The molecule has 3 aromatic rings. The Kier molecular flexibility index (Phi) is 4.95. The molecule has 0 aliphatic carbocycles. The van der Waals surface area contributed by atoms with E-state index in [0.29, 0.717) is 27.4 Å². The smallest absolute Gasteiger partial charge is 0.387 e. The predicted octanol–water partition coefficient (Wildman–Crippen LogP) is 4.10. The van der Waals surface area contributed by atoms with Crippen LogP contribution >= 0.6 is 15.9 Å². The standard InChI is InChI=1S/C18H14BrF2N5O2/c1-27-12-4-2-3-10(7-12)14-9-15(26-18(22-14)23-24-25-26)13-8-11(19)5-6-16(13)28-17(20)21/h2-9,15,17H,1H3,(H,22,23,25)/t15-/m1/s1. The molecule has 0 spiro atoms. The number of methoxy groups -OCH3 is 1. The van der Waals surface area contributed by atoms with Gasteiger partial charge in [-0.15, -0.1) is 0 Å². The average molecular weight is 450 g/mol. The van der Waals surface area contributed by atoms with Crippen LogP contribution in [-0.2, 0) is 0 Å². The third kappa shape index (κ3) is 3.55. The van der Waals surface area contributed by atoms with Crippen molar-refractivity contribution in [2.45, 2.75) is 12.7 Å². The van der Waals surface area contributed by atoms with Crippen LogP contribution in [0.4, 0.5) is 14.7 Å². The molecule has 28 heavy (non-hydrogen) atoms. The van der Waals surface area contributed by atoms with Crippen molar-refractivity contribution in [3.63, 3.8) is 0 Å². The first-order valence-corrected chi connectivity index (χ1v) is 9.00. The maximum absolute atomic E-state index is 12.9. The molecule has 0 unspecified atom stereocenters. The van der Waals surface area contributed by atoms with Crippen LogP contribution in [0.2, 0.25) is 0 Å². The molecular formula is C18H14BrF2N5O2. The van der Waals surface area contributed by atoms with Gasteiger partial charge in [-0.1, -0.05) is 33.2 Å². The molecule has 0 radical (unpaired) electrons. The Morgan fingerprint density at radius 2 is 2.07 bits per heavy atom. The van der Waals surface area contributed by atoms with Gasteiger partial charge in [0.2, 0.25) is 5.95 Å². The molecule has 144 valence electrons. The average Bonchev–Trinajstić information content (AvgIpc) is 3.17. The SMILES string of the molecule is COc1cccc(C2=C[C@H](c3cc(Br)ccc3OC(F)F)n3nnnc3N2)c1.